The summed E-state index contributed by atoms with van der Waals surface area (Å²) in [5, 5.41) is 0. The van der Waals surface area contributed by atoms with E-state index in [0.717, 1.165) is 6.42 Å². The van der Waals surface area contributed by atoms with Gasteiger partial charge in [0.2, 0.25) is 0 Å². The lowest BCUT2D eigenvalue weighted by molar-refractivity contribution is 0.732. The van der Waals surface area contributed by atoms with Crippen molar-refractivity contribution in [3.8, 4) is 0 Å². The van der Waals surface area contributed by atoms with Crippen molar-refractivity contribution in [2.75, 3.05) is 0 Å². The Morgan fingerprint density at radius 1 is 1.18 bits per heavy atom. The first-order valence-corrected chi connectivity index (χ1v) is 4.38. The van der Waals surface area contributed by atoms with Gasteiger partial charge in [-0.3, -0.25) is 4.99 Å². The summed E-state index contributed by atoms with van der Waals surface area (Å²) in [5.41, 5.74) is 2.84. The molecule has 11 heavy (non-hydrogen) atoms. The van der Waals surface area contributed by atoms with E-state index in [-0.39, 0.29) is 0 Å². The lowest BCUT2D eigenvalue weighted by Crippen LogP contribution is -2.07. The fourth-order valence-electron chi connectivity index (χ4n) is 1.69. The zero-order valence-electron chi connectivity index (χ0n) is 6.71. The molecule has 1 heterocycles. The number of hydrogen-bond acceptors (Lipinski definition) is 1. The second-order valence-corrected chi connectivity index (χ2v) is 3.13. The van der Waals surface area contributed by atoms with Crippen molar-refractivity contribution in [3.63, 3.8) is 0 Å². The van der Waals surface area contributed by atoms with Crippen molar-refractivity contribution < 1.29 is 0 Å². The van der Waals surface area contributed by atoms with Crippen molar-refractivity contribution in [1.29, 1.82) is 0 Å². The van der Waals surface area contributed by atoms with E-state index in [9.17, 15) is 0 Å². The molecule has 0 saturated heterocycles. The molecule has 0 bridgehead atoms. The van der Waals surface area contributed by atoms with Crippen molar-refractivity contribution >= 4 is 5.71 Å². The highest BCUT2D eigenvalue weighted by molar-refractivity contribution is 6.01. The highest BCUT2D eigenvalue weighted by Crippen LogP contribution is 2.22. The molecule has 0 atom stereocenters. The van der Waals surface area contributed by atoms with E-state index in [1.807, 2.05) is 6.20 Å². The van der Waals surface area contributed by atoms with Gasteiger partial charge >= 0.3 is 0 Å². The molecule has 1 aliphatic heterocycles. The molecule has 1 heteroatoms. The van der Waals surface area contributed by atoms with Crippen LogP contribution in [0.25, 0.3) is 0 Å². The van der Waals surface area contributed by atoms with Gasteiger partial charge in [0, 0.05) is 11.9 Å². The molecule has 58 valence electrons. The average molecular weight is 147 g/mol. The minimum atomic E-state index is 1.07. The Hall–Kier alpha value is -0.850. The van der Waals surface area contributed by atoms with Crippen LogP contribution in [0.3, 0.4) is 0 Å². The Morgan fingerprint density at radius 3 is 3.09 bits per heavy atom. The number of allylic oxidation sites excluding steroid dienone is 3. The van der Waals surface area contributed by atoms with Crippen LogP contribution in [0.5, 0.6) is 0 Å². The van der Waals surface area contributed by atoms with Crippen LogP contribution in [0.1, 0.15) is 32.1 Å². The van der Waals surface area contributed by atoms with Gasteiger partial charge in [-0.15, -0.1) is 0 Å². The third-order valence-corrected chi connectivity index (χ3v) is 2.32. The van der Waals surface area contributed by atoms with Crippen molar-refractivity contribution in [2.24, 2.45) is 4.99 Å². The van der Waals surface area contributed by atoms with E-state index < -0.39 is 0 Å². The van der Waals surface area contributed by atoms with Crippen LogP contribution in [0.15, 0.2) is 28.9 Å². The Bertz CT molecular complexity index is 233. The number of nitrogens with zero attached hydrogens (tertiary/aromatic N) is 1. The van der Waals surface area contributed by atoms with Crippen molar-refractivity contribution in [1.82, 2.24) is 0 Å². The lowest BCUT2D eigenvalue weighted by Gasteiger charge is -2.15. The van der Waals surface area contributed by atoms with Crippen LogP contribution in [0.4, 0.5) is 0 Å². The molecule has 2 aliphatic rings. The zero-order valence-corrected chi connectivity index (χ0v) is 6.71. The maximum absolute atomic E-state index is 4.41. The van der Waals surface area contributed by atoms with Gasteiger partial charge in [0.1, 0.15) is 0 Å². The smallest absolute Gasteiger partial charge is 0.0432 e. The van der Waals surface area contributed by atoms with E-state index in [2.05, 4.69) is 17.1 Å². The summed E-state index contributed by atoms with van der Waals surface area (Å²) in [6.45, 7) is 0. The molecule has 0 aromatic carbocycles. The summed E-state index contributed by atoms with van der Waals surface area (Å²) in [6, 6.07) is 0. The molecule has 0 N–H and O–H groups in total. The van der Waals surface area contributed by atoms with Gasteiger partial charge in [0.05, 0.1) is 0 Å². The molecule has 0 radical (unpaired) electrons. The van der Waals surface area contributed by atoms with Crippen LogP contribution in [0, 0.1) is 0 Å². The van der Waals surface area contributed by atoms with Crippen LogP contribution < -0.4 is 0 Å². The van der Waals surface area contributed by atoms with Gasteiger partial charge < -0.3 is 0 Å². The van der Waals surface area contributed by atoms with Crippen molar-refractivity contribution in [2.45, 2.75) is 32.1 Å². The highest BCUT2D eigenvalue weighted by Gasteiger charge is 2.12. The second-order valence-electron chi connectivity index (χ2n) is 3.13. The molecule has 1 aliphatic carbocycles. The van der Waals surface area contributed by atoms with Crippen LogP contribution >= 0.6 is 0 Å². The average Bonchev–Trinajstić information content (AvgIpc) is 2.28. The lowest BCUT2D eigenvalue weighted by atomic mass is 9.92. The fourth-order valence-corrected chi connectivity index (χ4v) is 1.69. The first-order valence-electron chi connectivity index (χ1n) is 4.38. The zero-order chi connectivity index (χ0) is 7.52. The molecule has 0 aromatic heterocycles. The summed E-state index contributed by atoms with van der Waals surface area (Å²) in [6.07, 6.45) is 12.6. The van der Waals surface area contributed by atoms with E-state index in [0.29, 0.717) is 0 Å². The van der Waals surface area contributed by atoms with E-state index in [1.54, 1.807) is 0 Å². The Labute approximate surface area is 67.5 Å². The van der Waals surface area contributed by atoms with E-state index in [4.69, 9.17) is 0 Å². The fraction of sp³-hybridized carbons (Fsp3) is 0.500. The molecule has 1 saturated carbocycles. The summed E-state index contributed by atoms with van der Waals surface area (Å²) in [7, 11) is 0. The quantitative estimate of drug-likeness (QED) is 0.499. The van der Waals surface area contributed by atoms with E-state index in [1.165, 1.54) is 37.0 Å². The van der Waals surface area contributed by atoms with Gasteiger partial charge in [0.15, 0.2) is 0 Å². The topological polar surface area (TPSA) is 12.4 Å². The standard InChI is InChI=1S/C10H13N/c1-2-7-10-9(5-1)6-3-4-8-11-10/h4,6,8H,1-3,5,7H2. The Morgan fingerprint density at radius 2 is 2.09 bits per heavy atom. The third-order valence-electron chi connectivity index (χ3n) is 2.32. The van der Waals surface area contributed by atoms with E-state index >= 15 is 0 Å². The molecule has 1 nitrogen and oxygen atoms in total. The predicted octanol–water partition coefficient (Wildman–Crippen LogP) is 2.85. The molecule has 0 amide bonds. The van der Waals surface area contributed by atoms with Crippen LogP contribution in [0.2, 0.25) is 0 Å². The SMILES string of the molecule is C1=CN=C2CCCCC2=CC1. The van der Waals surface area contributed by atoms with Crippen molar-refractivity contribution in [3.05, 3.63) is 23.9 Å². The first kappa shape index (κ1) is 6.84. The van der Waals surface area contributed by atoms with Gasteiger partial charge in [-0.1, -0.05) is 12.2 Å². The number of fused-ring (bicyclic) bond motifs is 1. The van der Waals surface area contributed by atoms with Crippen LogP contribution in [-0.4, -0.2) is 5.71 Å². The van der Waals surface area contributed by atoms with Crippen LogP contribution in [-0.2, 0) is 0 Å². The molecule has 0 unspecified atom stereocenters. The Kier molecular flexibility index (Phi) is 1.89. The van der Waals surface area contributed by atoms with Gasteiger partial charge in [0.25, 0.3) is 0 Å². The monoisotopic (exact) mass is 147 g/mol. The normalized spacial score (nSPS) is 23.3. The Balaban J connectivity index is 2.26. The molecular weight excluding hydrogens is 134 g/mol. The summed E-state index contributed by atoms with van der Waals surface area (Å²) in [4.78, 5) is 4.41. The molecule has 2 rings (SSSR count). The van der Waals surface area contributed by atoms with Gasteiger partial charge in [-0.2, -0.15) is 0 Å². The molecular formula is C10H13N. The maximum atomic E-state index is 4.41. The number of aliphatic imine (C=N–C) groups is 1. The first-order chi connectivity index (χ1) is 5.47. The highest BCUT2D eigenvalue weighted by atomic mass is 14.7. The van der Waals surface area contributed by atoms with Gasteiger partial charge in [-0.05, 0) is 37.7 Å². The third kappa shape index (κ3) is 1.42. The second kappa shape index (κ2) is 3.04. The largest absolute Gasteiger partial charge is 0.261 e. The molecule has 0 aromatic rings. The summed E-state index contributed by atoms with van der Waals surface area (Å²) >= 11 is 0. The maximum Gasteiger partial charge on any atom is 0.0432 e. The van der Waals surface area contributed by atoms with Gasteiger partial charge in [-0.25, -0.2) is 0 Å². The predicted molar refractivity (Wildman–Crippen MR) is 47.7 cm³/mol. The minimum absolute atomic E-state index is 1.07. The molecule has 1 fully saturated rings. The number of hydrogen-bond donors (Lipinski definition) is 0. The molecule has 0 spiro atoms. The minimum Gasteiger partial charge on any atom is -0.261 e. The summed E-state index contributed by atoms with van der Waals surface area (Å²) in [5.74, 6) is 0. The summed E-state index contributed by atoms with van der Waals surface area (Å²) < 4.78 is 0. The number of rotatable bonds is 0.